The summed E-state index contributed by atoms with van der Waals surface area (Å²) in [6.45, 7) is 1.86. The lowest BCUT2D eigenvalue weighted by Crippen LogP contribution is -2.26. The molecular weight excluding hydrogens is 246 g/mol. The molecule has 1 amide bonds. The molecule has 5 nitrogen and oxygen atoms in total. The van der Waals surface area contributed by atoms with Crippen LogP contribution in [0.25, 0.3) is 0 Å². The molecule has 19 heavy (non-hydrogen) atoms. The number of amides is 1. The van der Waals surface area contributed by atoms with Crippen molar-refractivity contribution >= 4 is 5.91 Å². The molecular formula is C14H21NO4. The molecule has 0 fully saturated rings. The SMILES string of the molecule is COCc1ccccc1C(=O)NCCCOCCO. The van der Waals surface area contributed by atoms with Crippen molar-refractivity contribution in [1.82, 2.24) is 5.32 Å². The Morgan fingerprint density at radius 3 is 2.84 bits per heavy atom. The third kappa shape index (κ3) is 5.83. The van der Waals surface area contributed by atoms with Gasteiger partial charge in [-0.15, -0.1) is 0 Å². The Balaban J connectivity index is 2.36. The summed E-state index contributed by atoms with van der Waals surface area (Å²) in [5, 5.41) is 11.4. The molecule has 0 spiro atoms. The fourth-order valence-electron chi connectivity index (χ4n) is 1.66. The Morgan fingerprint density at radius 2 is 2.11 bits per heavy atom. The largest absolute Gasteiger partial charge is 0.394 e. The fourth-order valence-corrected chi connectivity index (χ4v) is 1.66. The Labute approximate surface area is 113 Å². The maximum absolute atomic E-state index is 12.0. The van der Waals surface area contributed by atoms with Gasteiger partial charge in [0.1, 0.15) is 0 Å². The molecule has 0 saturated carbocycles. The molecule has 1 aromatic carbocycles. The number of hydrogen-bond acceptors (Lipinski definition) is 4. The number of ether oxygens (including phenoxy) is 2. The topological polar surface area (TPSA) is 67.8 Å². The zero-order valence-electron chi connectivity index (χ0n) is 11.2. The summed E-state index contributed by atoms with van der Waals surface area (Å²) >= 11 is 0. The molecule has 0 aliphatic carbocycles. The Kier molecular flexibility index (Phi) is 7.81. The maximum atomic E-state index is 12.0. The molecule has 0 aliphatic heterocycles. The molecule has 0 heterocycles. The molecule has 106 valence electrons. The van der Waals surface area contributed by atoms with E-state index in [1.54, 1.807) is 13.2 Å². The zero-order chi connectivity index (χ0) is 13.9. The van der Waals surface area contributed by atoms with Crippen LogP contribution in [0.4, 0.5) is 0 Å². The number of hydrogen-bond donors (Lipinski definition) is 2. The predicted octanol–water partition coefficient (Wildman–Crippen LogP) is 0.962. The van der Waals surface area contributed by atoms with Crippen LogP contribution in [0.2, 0.25) is 0 Å². The van der Waals surface area contributed by atoms with E-state index < -0.39 is 0 Å². The van der Waals surface area contributed by atoms with Gasteiger partial charge in [-0.1, -0.05) is 18.2 Å². The minimum atomic E-state index is -0.102. The molecule has 2 N–H and O–H groups in total. The van der Waals surface area contributed by atoms with Crippen molar-refractivity contribution < 1.29 is 19.4 Å². The Bertz CT molecular complexity index is 381. The summed E-state index contributed by atoms with van der Waals surface area (Å²) in [5.41, 5.74) is 1.51. The number of aliphatic hydroxyl groups is 1. The van der Waals surface area contributed by atoms with Gasteiger partial charge in [0, 0.05) is 25.8 Å². The standard InChI is InChI=1S/C14H21NO4/c1-18-11-12-5-2-3-6-13(12)14(17)15-7-4-9-19-10-8-16/h2-3,5-6,16H,4,7-11H2,1H3,(H,15,17). The minimum absolute atomic E-state index is 0.0246. The summed E-state index contributed by atoms with van der Waals surface area (Å²) < 4.78 is 10.2. The second-order valence-electron chi connectivity index (χ2n) is 4.04. The number of nitrogens with one attached hydrogen (secondary N) is 1. The van der Waals surface area contributed by atoms with E-state index in [4.69, 9.17) is 14.6 Å². The minimum Gasteiger partial charge on any atom is -0.394 e. The van der Waals surface area contributed by atoms with E-state index in [2.05, 4.69) is 5.32 Å². The van der Waals surface area contributed by atoms with Crippen molar-refractivity contribution in [3.8, 4) is 0 Å². The first kappa shape index (κ1) is 15.6. The normalized spacial score (nSPS) is 10.4. The van der Waals surface area contributed by atoms with Gasteiger partial charge in [0.05, 0.1) is 19.8 Å². The Hall–Kier alpha value is -1.43. The van der Waals surface area contributed by atoms with E-state index in [9.17, 15) is 4.79 Å². The molecule has 5 heteroatoms. The highest BCUT2D eigenvalue weighted by atomic mass is 16.5. The molecule has 1 aromatic rings. The average molecular weight is 267 g/mol. The van der Waals surface area contributed by atoms with Crippen LogP contribution >= 0.6 is 0 Å². The molecule has 0 unspecified atom stereocenters. The monoisotopic (exact) mass is 267 g/mol. The van der Waals surface area contributed by atoms with Crippen LogP contribution in [-0.2, 0) is 16.1 Å². The summed E-state index contributed by atoms with van der Waals surface area (Å²) in [5.74, 6) is -0.102. The lowest BCUT2D eigenvalue weighted by molar-refractivity contribution is 0.0866. The van der Waals surface area contributed by atoms with Crippen molar-refractivity contribution in [3.05, 3.63) is 35.4 Å². The maximum Gasteiger partial charge on any atom is 0.251 e. The summed E-state index contributed by atoms with van der Waals surface area (Å²) in [6.07, 6.45) is 0.720. The molecule has 0 bridgehead atoms. The van der Waals surface area contributed by atoms with Gasteiger partial charge in [-0.05, 0) is 18.1 Å². The number of aliphatic hydroxyl groups excluding tert-OH is 1. The molecule has 0 atom stereocenters. The van der Waals surface area contributed by atoms with E-state index >= 15 is 0 Å². The third-order valence-corrected chi connectivity index (χ3v) is 2.55. The number of benzene rings is 1. The second-order valence-corrected chi connectivity index (χ2v) is 4.04. The van der Waals surface area contributed by atoms with Gasteiger partial charge in [-0.25, -0.2) is 0 Å². The van der Waals surface area contributed by atoms with E-state index in [1.165, 1.54) is 0 Å². The van der Waals surface area contributed by atoms with Crippen LogP contribution in [0.5, 0.6) is 0 Å². The fraction of sp³-hybridized carbons (Fsp3) is 0.500. The number of carbonyl (C=O) groups excluding carboxylic acids is 1. The van der Waals surface area contributed by atoms with Gasteiger partial charge in [0.2, 0.25) is 0 Å². The van der Waals surface area contributed by atoms with Gasteiger partial charge < -0.3 is 19.9 Å². The number of carbonyl (C=O) groups is 1. The summed E-state index contributed by atoms with van der Waals surface area (Å²) in [4.78, 5) is 12.0. The first-order valence-electron chi connectivity index (χ1n) is 6.33. The van der Waals surface area contributed by atoms with E-state index in [0.29, 0.717) is 31.9 Å². The average Bonchev–Trinajstić information content (AvgIpc) is 2.43. The van der Waals surface area contributed by atoms with E-state index in [1.807, 2.05) is 18.2 Å². The molecule has 0 radical (unpaired) electrons. The second kappa shape index (κ2) is 9.49. The smallest absolute Gasteiger partial charge is 0.251 e. The Morgan fingerprint density at radius 1 is 1.32 bits per heavy atom. The quantitative estimate of drug-likeness (QED) is 0.654. The number of methoxy groups -OCH3 is 1. The molecule has 0 saturated heterocycles. The van der Waals surface area contributed by atoms with Gasteiger partial charge in [0.25, 0.3) is 5.91 Å². The molecule has 0 aromatic heterocycles. The highest BCUT2D eigenvalue weighted by Gasteiger charge is 2.09. The lowest BCUT2D eigenvalue weighted by Gasteiger charge is -2.09. The van der Waals surface area contributed by atoms with Crippen LogP contribution in [0.3, 0.4) is 0 Å². The molecule has 0 aliphatic rings. The van der Waals surface area contributed by atoms with Crippen molar-refractivity contribution in [2.75, 3.05) is 33.5 Å². The first-order valence-corrected chi connectivity index (χ1v) is 6.33. The highest BCUT2D eigenvalue weighted by molar-refractivity contribution is 5.95. The zero-order valence-corrected chi connectivity index (χ0v) is 11.2. The van der Waals surface area contributed by atoms with Gasteiger partial charge in [-0.3, -0.25) is 4.79 Å². The van der Waals surface area contributed by atoms with Crippen LogP contribution in [0.1, 0.15) is 22.3 Å². The first-order chi connectivity index (χ1) is 9.29. The van der Waals surface area contributed by atoms with Crippen LogP contribution in [0.15, 0.2) is 24.3 Å². The van der Waals surface area contributed by atoms with Crippen molar-refractivity contribution in [1.29, 1.82) is 0 Å². The van der Waals surface area contributed by atoms with E-state index in [-0.39, 0.29) is 12.5 Å². The van der Waals surface area contributed by atoms with E-state index in [0.717, 1.165) is 12.0 Å². The van der Waals surface area contributed by atoms with Crippen LogP contribution in [-0.4, -0.2) is 44.5 Å². The van der Waals surface area contributed by atoms with Gasteiger partial charge in [-0.2, -0.15) is 0 Å². The van der Waals surface area contributed by atoms with Gasteiger partial charge >= 0.3 is 0 Å². The van der Waals surface area contributed by atoms with Crippen molar-refractivity contribution in [3.63, 3.8) is 0 Å². The third-order valence-electron chi connectivity index (χ3n) is 2.55. The van der Waals surface area contributed by atoms with Crippen molar-refractivity contribution in [2.24, 2.45) is 0 Å². The summed E-state index contributed by atoms with van der Waals surface area (Å²) in [6, 6.07) is 7.38. The lowest BCUT2D eigenvalue weighted by atomic mass is 10.1. The summed E-state index contributed by atoms with van der Waals surface area (Å²) in [7, 11) is 1.60. The van der Waals surface area contributed by atoms with Crippen LogP contribution < -0.4 is 5.32 Å². The highest BCUT2D eigenvalue weighted by Crippen LogP contribution is 2.09. The van der Waals surface area contributed by atoms with Gasteiger partial charge in [0.15, 0.2) is 0 Å². The predicted molar refractivity (Wildman–Crippen MR) is 72.0 cm³/mol. The van der Waals surface area contributed by atoms with Crippen molar-refractivity contribution in [2.45, 2.75) is 13.0 Å². The molecule has 1 rings (SSSR count). The van der Waals surface area contributed by atoms with Crippen LogP contribution in [0, 0.1) is 0 Å². The number of rotatable bonds is 9.